The Balaban J connectivity index is 2.60. The Kier molecular flexibility index (Phi) is 4.68. The topological polar surface area (TPSA) is 99.8 Å². The average Bonchev–Trinajstić information content (AvgIpc) is 2.51. The molecule has 0 saturated heterocycles. The van der Waals surface area contributed by atoms with Crippen molar-refractivity contribution < 1.29 is 24.5 Å². The Hall–Kier alpha value is -2.83. The summed E-state index contributed by atoms with van der Waals surface area (Å²) >= 11 is 0. The highest BCUT2D eigenvalue weighted by molar-refractivity contribution is 5.68. The lowest BCUT2D eigenvalue weighted by Crippen LogP contribution is -2.15. The van der Waals surface area contributed by atoms with Crippen molar-refractivity contribution in [1.82, 2.24) is 4.57 Å². The Labute approximate surface area is 131 Å². The smallest absolute Gasteiger partial charge is 0.303 e. The fourth-order valence-electron chi connectivity index (χ4n) is 2.33. The molecule has 23 heavy (non-hydrogen) atoms. The van der Waals surface area contributed by atoms with Crippen LogP contribution in [0.5, 0.6) is 11.6 Å². The van der Waals surface area contributed by atoms with Gasteiger partial charge in [-0.25, -0.2) is 4.39 Å². The van der Waals surface area contributed by atoms with E-state index < -0.39 is 23.0 Å². The molecule has 0 atom stereocenters. The lowest BCUT2D eigenvalue weighted by Gasteiger charge is -2.18. The predicted molar refractivity (Wildman–Crippen MR) is 81.0 cm³/mol. The molecule has 6 nitrogen and oxygen atoms in total. The lowest BCUT2D eigenvalue weighted by molar-refractivity contribution is -0.137. The van der Waals surface area contributed by atoms with Gasteiger partial charge in [-0.2, -0.15) is 0 Å². The minimum absolute atomic E-state index is 0.0310. The highest BCUT2D eigenvalue weighted by atomic mass is 19.1. The molecule has 0 aliphatic heterocycles. The van der Waals surface area contributed by atoms with Crippen molar-refractivity contribution in [1.29, 1.82) is 0 Å². The molecular weight excluding hydrogens is 305 g/mol. The zero-order valence-corrected chi connectivity index (χ0v) is 12.4. The molecule has 3 N–H and O–H groups in total. The maximum Gasteiger partial charge on any atom is 0.303 e. The first kappa shape index (κ1) is 16.5. The summed E-state index contributed by atoms with van der Waals surface area (Å²) in [6.07, 6.45) is 0.0626. The second-order valence-corrected chi connectivity index (χ2v) is 5.13. The van der Waals surface area contributed by atoms with Gasteiger partial charge in [-0.05, 0) is 37.6 Å². The van der Waals surface area contributed by atoms with Crippen molar-refractivity contribution in [3.05, 3.63) is 45.9 Å². The number of aliphatic carboxylic acids is 1. The SMILES string of the molecule is Cc1c(O)n(CCCC(=O)O)c(-c2ccc(F)cc2)c(O)c1=O. The molecule has 1 aromatic heterocycles. The van der Waals surface area contributed by atoms with E-state index in [2.05, 4.69) is 0 Å². The molecule has 0 aliphatic carbocycles. The van der Waals surface area contributed by atoms with Crippen molar-refractivity contribution >= 4 is 5.97 Å². The van der Waals surface area contributed by atoms with E-state index in [0.717, 1.165) is 12.1 Å². The number of benzene rings is 1. The first-order chi connectivity index (χ1) is 10.8. The predicted octanol–water partition coefficient (Wildman–Crippen LogP) is 2.24. The molecule has 122 valence electrons. The highest BCUT2D eigenvalue weighted by Crippen LogP contribution is 2.32. The zero-order chi connectivity index (χ0) is 17.1. The molecule has 0 saturated carbocycles. The number of halogens is 1. The summed E-state index contributed by atoms with van der Waals surface area (Å²) in [6, 6.07) is 5.06. The Morgan fingerprint density at radius 2 is 1.83 bits per heavy atom. The van der Waals surface area contributed by atoms with Crippen LogP contribution in [0, 0.1) is 12.7 Å². The fraction of sp³-hybridized carbons (Fsp3) is 0.250. The third-order valence-corrected chi connectivity index (χ3v) is 3.53. The van der Waals surface area contributed by atoms with Gasteiger partial charge in [0, 0.05) is 18.5 Å². The molecule has 7 heteroatoms. The standard InChI is InChI=1S/C16H16FNO5/c1-9-14(21)15(22)13(10-4-6-11(17)7-5-10)18(16(9)23)8-2-3-12(19)20/h4-7,22-23H,2-3,8H2,1H3,(H,19,20). The molecular formula is C16H16FNO5. The van der Waals surface area contributed by atoms with Gasteiger partial charge in [0.1, 0.15) is 5.82 Å². The molecule has 0 radical (unpaired) electrons. The lowest BCUT2D eigenvalue weighted by atomic mass is 10.1. The quantitative estimate of drug-likeness (QED) is 0.784. The van der Waals surface area contributed by atoms with Crippen LogP contribution in [0.3, 0.4) is 0 Å². The van der Waals surface area contributed by atoms with E-state index in [1.807, 2.05) is 0 Å². The van der Waals surface area contributed by atoms with Gasteiger partial charge < -0.3 is 19.9 Å². The van der Waals surface area contributed by atoms with E-state index in [0.29, 0.717) is 5.56 Å². The van der Waals surface area contributed by atoms with Crippen LogP contribution in [0.25, 0.3) is 11.3 Å². The number of aromatic nitrogens is 1. The van der Waals surface area contributed by atoms with Crippen LogP contribution in [0.4, 0.5) is 4.39 Å². The molecule has 0 aliphatic rings. The van der Waals surface area contributed by atoms with Crippen LogP contribution >= 0.6 is 0 Å². The number of hydrogen-bond donors (Lipinski definition) is 3. The molecule has 0 amide bonds. The number of carboxylic acid groups (broad SMARTS) is 1. The van der Waals surface area contributed by atoms with Gasteiger partial charge in [-0.3, -0.25) is 9.59 Å². The third kappa shape index (κ3) is 3.33. The molecule has 0 unspecified atom stereocenters. The number of pyridine rings is 1. The Morgan fingerprint density at radius 1 is 1.22 bits per heavy atom. The summed E-state index contributed by atoms with van der Waals surface area (Å²) in [6.45, 7) is 1.44. The van der Waals surface area contributed by atoms with Crippen LogP contribution in [0.1, 0.15) is 18.4 Å². The van der Waals surface area contributed by atoms with Gasteiger partial charge in [0.15, 0.2) is 11.6 Å². The van der Waals surface area contributed by atoms with Gasteiger partial charge in [0.2, 0.25) is 5.43 Å². The molecule has 0 bridgehead atoms. The summed E-state index contributed by atoms with van der Waals surface area (Å²) in [5, 5.41) is 29.1. The van der Waals surface area contributed by atoms with E-state index >= 15 is 0 Å². The van der Waals surface area contributed by atoms with Gasteiger partial charge >= 0.3 is 5.97 Å². The number of hydrogen-bond acceptors (Lipinski definition) is 4. The Bertz CT molecular complexity index is 796. The monoisotopic (exact) mass is 321 g/mol. The summed E-state index contributed by atoms with van der Waals surface area (Å²) in [5.41, 5.74) is -0.393. The fourth-order valence-corrected chi connectivity index (χ4v) is 2.33. The Morgan fingerprint density at radius 3 is 2.39 bits per heavy atom. The summed E-state index contributed by atoms with van der Waals surface area (Å²) < 4.78 is 14.3. The van der Waals surface area contributed by atoms with Gasteiger partial charge in [-0.15, -0.1) is 0 Å². The number of aromatic hydroxyl groups is 2. The minimum atomic E-state index is -0.991. The van der Waals surface area contributed by atoms with E-state index in [-0.39, 0.29) is 36.5 Å². The maximum atomic E-state index is 13.1. The zero-order valence-electron chi connectivity index (χ0n) is 12.4. The number of carbonyl (C=O) groups is 1. The van der Waals surface area contributed by atoms with Crippen molar-refractivity contribution in [2.45, 2.75) is 26.3 Å². The molecule has 0 spiro atoms. The first-order valence-corrected chi connectivity index (χ1v) is 6.96. The molecule has 0 fully saturated rings. The first-order valence-electron chi connectivity index (χ1n) is 6.96. The number of nitrogens with zero attached hydrogens (tertiary/aromatic N) is 1. The second kappa shape index (κ2) is 6.51. The van der Waals surface area contributed by atoms with Crippen molar-refractivity contribution in [2.24, 2.45) is 0 Å². The van der Waals surface area contributed by atoms with Crippen LogP contribution in [0.2, 0.25) is 0 Å². The number of carboxylic acids is 1. The largest absolute Gasteiger partial charge is 0.503 e. The van der Waals surface area contributed by atoms with Gasteiger partial charge in [0.05, 0.1) is 11.3 Å². The number of rotatable bonds is 5. The molecule has 1 heterocycles. The minimum Gasteiger partial charge on any atom is -0.503 e. The molecule has 2 aromatic rings. The van der Waals surface area contributed by atoms with Crippen LogP contribution in [0.15, 0.2) is 29.1 Å². The van der Waals surface area contributed by atoms with E-state index in [1.165, 1.54) is 23.6 Å². The third-order valence-electron chi connectivity index (χ3n) is 3.53. The van der Waals surface area contributed by atoms with Crippen LogP contribution in [-0.2, 0) is 11.3 Å². The molecule has 2 rings (SSSR count). The van der Waals surface area contributed by atoms with Gasteiger partial charge in [0.25, 0.3) is 0 Å². The summed E-state index contributed by atoms with van der Waals surface area (Å²) in [4.78, 5) is 22.6. The van der Waals surface area contributed by atoms with Crippen molar-refractivity contribution in [3.63, 3.8) is 0 Å². The van der Waals surface area contributed by atoms with Crippen molar-refractivity contribution in [3.8, 4) is 22.9 Å². The molecule has 1 aromatic carbocycles. The summed E-state index contributed by atoms with van der Waals surface area (Å²) in [5.74, 6) is -2.39. The van der Waals surface area contributed by atoms with E-state index in [1.54, 1.807) is 0 Å². The van der Waals surface area contributed by atoms with Gasteiger partial charge in [-0.1, -0.05) is 0 Å². The summed E-state index contributed by atoms with van der Waals surface area (Å²) in [7, 11) is 0. The highest BCUT2D eigenvalue weighted by Gasteiger charge is 2.20. The second-order valence-electron chi connectivity index (χ2n) is 5.13. The van der Waals surface area contributed by atoms with E-state index in [9.17, 15) is 24.2 Å². The van der Waals surface area contributed by atoms with Crippen LogP contribution in [-0.4, -0.2) is 25.9 Å². The van der Waals surface area contributed by atoms with E-state index in [4.69, 9.17) is 5.11 Å². The average molecular weight is 321 g/mol. The van der Waals surface area contributed by atoms with Crippen LogP contribution < -0.4 is 5.43 Å². The maximum absolute atomic E-state index is 13.1. The van der Waals surface area contributed by atoms with Crippen molar-refractivity contribution in [2.75, 3.05) is 0 Å². The normalized spacial score (nSPS) is 10.7.